The third kappa shape index (κ3) is 6.17. The van der Waals surface area contributed by atoms with E-state index in [2.05, 4.69) is 4.90 Å². The van der Waals surface area contributed by atoms with Gasteiger partial charge in [0, 0.05) is 39.3 Å². The molecular weight excluding hydrogens is 520 g/mol. The summed E-state index contributed by atoms with van der Waals surface area (Å²) in [5.41, 5.74) is 1.17. The summed E-state index contributed by atoms with van der Waals surface area (Å²) in [5.74, 6) is 0.430. The molecule has 2 aromatic rings. The highest BCUT2D eigenvalue weighted by molar-refractivity contribution is 7.92. The molecule has 11 nitrogen and oxygen atoms in total. The van der Waals surface area contributed by atoms with Crippen LogP contribution in [0.2, 0.25) is 0 Å². The van der Waals surface area contributed by atoms with Gasteiger partial charge in [0.1, 0.15) is 12.3 Å². The molecule has 2 aliphatic rings. The van der Waals surface area contributed by atoms with Crippen LogP contribution in [0, 0.1) is 0 Å². The van der Waals surface area contributed by atoms with Crippen molar-refractivity contribution in [3.8, 4) is 5.75 Å². The molecule has 0 bridgehead atoms. The number of hydrogen-bond donors (Lipinski definition) is 0. The molecule has 0 saturated carbocycles. The Bertz CT molecular complexity index is 1300. The maximum absolute atomic E-state index is 13.1. The van der Waals surface area contributed by atoms with Gasteiger partial charge in [-0.3, -0.25) is 9.10 Å². The Kier molecular flexibility index (Phi) is 8.26. The summed E-state index contributed by atoms with van der Waals surface area (Å²) in [6.07, 6.45) is 1.03. The minimum Gasteiger partial charge on any atom is -0.495 e. The van der Waals surface area contributed by atoms with E-state index in [9.17, 15) is 21.6 Å². The number of benzene rings is 2. The number of ether oxygens (including phenoxy) is 2. The van der Waals surface area contributed by atoms with Crippen molar-refractivity contribution < 1.29 is 31.1 Å². The van der Waals surface area contributed by atoms with Gasteiger partial charge in [0.2, 0.25) is 26.0 Å². The van der Waals surface area contributed by atoms with Gasteiger partial charge in [-0.2, -0.15) is 4.31 Å². The highest BCUT2D eigenvalue weighted by Gasteiger charge is 2.29. The minimum absolute atomic E-state index is 0.0605. The highest BCUT2D eigenvalue weighted by atomic mass is 32.2. The van der Waals surface area contributed by atoms with Crippen LogP contribution >= 0.6 is 0 Å². The number of methoxy groups -OCH3 is 1. The van der Waals surface area contributed by atoms with Gasteiger partial charge < -0.3 is 19.3 Å². The van der Waals surface area contributed by atoms with Crippen LogP contribution in [0.3, 0.4) is 0 Å². The molecule has 13 heteroatoms. The van der Waals surface area contributed by atoms with Crippen molar-refractivity contribution in [2.75, 3.05) is 81.6 Å². The average Bonchev–Trinajstić information content (AvgIpc) is 2.91. The molecule has 0 unspecified atom stereocenters. The lowest BCUT2D eigenvalue weighted by molar-refractivity contribution is -0.129. The van der Waals surface area contributed by atoms with Crippen LogP contribution in [0.15, 0.2) is 53.4 Å². The maximum Gasteiger partial charge on any atom is 0.243 e. The van der Waals surface area contributed by atoms with E-state index in [-0.39, 0.29) is 36.1 Å². The van der Waals surface area contributed by atoms with Gasteiger partial charge in [0.05, 0.1) is 42.8 Å². The summed E-state index contributed by atoms with van der Waals surface area (Å²) in [6, 6.07) is 13.2. The number of anilines is 2. The van der Waals surface area contributed by atoms with Gasteiger partial charge >= 0.3 is 0 Å². The van der Waals surface area contributed by atoms with Gasteiger partial charge in [-0.25, -0.2) is 16.8 Å². The first-order valence-corrected chi connectivity index (χ1v) is 15.2. The molecule has 0 spiro atoms. The summed E-state index contributed by atoms with van der Waals surface area (Å²) in [4.78, 5) is 16.9. The number of piperazine rings is 1. The monoisotopic (exact) mass is 552 g/mol. The van der Waals surface area contributed by atoms with Crippen molar-refractivity contribution in [2.24, 2.45) is 0 Å². The van der Waals surface area contributed by atoms with Crippen LogP contribution in [0.5, 0.6) is 5.75 Å². The fourth-order valence-electron chi connectivity index (χ4n) is 4.43. The SMILES string of the molecule is COc1ccccc1N1CCN(C(=O)CN(c2ccc(S(=O)(=O)N3CCOCC3)cc2)S(C)(=O)=O)CC1. The molecule has 0 atom stereocenters. The number of carbonyl (C=O) groups excluding carboxylic acids is 1. The van der Waals surface area contributed by atoms with E-state index in [1.807, 2.05) is 24.3 Å². The number of sulfonamides is 2. The number of carbonyl (C=O) groups is 1. The standard InChI is InChI=1S/C24H32N4O7S2/c1-34-23-6-4-3-5-22(23)25-11-13-26(14-12-25)24(29)19-28(36(2,30)31)20-7-9-21(10-8-20)37(32,33)27-15-17-35-18-16-27/h3-10H,11-19H2,1-2H3. The quantitative estimate of drug-likeness (QED) is 0.473. The van der Waals surface area contributed by atoms with Crippen molar-refractivity contribution in [1.82, 2.24) is 9.21 Å². The van der Waals surface area contributed by atoms with Crippen LogP contribution in [-0.4, -0.2) is 104 Å². The molecule has 202 valence electrons. The molecular formula is C24H32N4O7S2. The molecule has 0 N–H and O–H groups in total. The largest absolute Gasteiger partial charge is 0.495 e. The predicted octanol–water partition coefficient (Wildman–Crippen LogP) is 0.831. The van der Waals surface area contributed by atoms with Gasteiger partial charge in [0.15, 0.2) is 0 Å². The van der Waals surface area contributed by atoms with E-state index in [4.69, 9.17) is 9.47 Å². The van der Waals surface area contributed by atoms with E-state index < -0.39 is 20.0 Å². The first-order valence-electron chi connectivity index (χ1n) is 11.9. The van der Waals surface area contributed by atoms with Crippen molar-refractivity contribution in [3.63, 3.8) is 0 Å². The average molecular weight is 553 g/mol. The molecule has 2 heterocycles. The number of hydrogen-bond acceptors (Lipinski definition) is 8. The van der Waals surface area contributed by atoms with Crippen molar-refractivity contribution >= 4 is 37.3 Å². The van der Waals surface area contributed by atoms with Crippen molar-refractivity contribution in [3.05, 3.63) is 48.5 Å². The first kappa shape index (κ1) is 27.2. The predicted molar refractivity (Wildman–Crippen MR) is 140 cm³/mol. The van der Waals surface area contributed by atoms with Crippen molar-refractivity contribution in [2.45, 2.75) is 4.90 Å². The zero-order chi connectivity index (χ0) is 26.6. The smallest absolute Gasteiger partial charge is 0.243 e. The van der Waals surface area contributed by atoms with Gasteiger partial charge in [-0.15, -0.1) is 0 Å². The second kappa shape index (κ2) is 11.3. The molecule has 37 heavy (non-hydrogen) atoms. The summed E-state index contributed by atoms with van der Waals surface area (Å²) in [7, 11) is -5.90. The van der Waals surface area contributed by atoms with E-state index >= 15 is 0 Å². The lowest BCUT2D eigenvalue weighted by Gasteiger charge is -2.37. The molecule has 4 rings (SSSR count). The Hall–Kier alpha value is -2.87. The van der Waals surface area contributed by atoms with Crippen molar-refractivity contribution in [1.29, 1.82) is 0 Å². The number of nitrogens with zero attached hydrogens (tertiary/aromatic N) is 4. The number of rotatable bonds is 8. The molecule has 2 saturated heterocycles. The summed E-state index contributed by atoms with van der Waals surface area (Å²) < 4.78 is 63.9. The lowest BCUT2D eigenvalue weighted by atomic mass is 10.2. The van der Waals surface area contributed by atoms with Crippen LogP contribution < -0.4 is 13.9 Å². The fraction of sp³-hybridized carbons (Fsp3) is 0.458. The summed E-state index contributed by atoms with van der Waals surface area (Å²) in [6.45, 7) is 2.84. The summed E-state index contributed by atoms with van der Waals surface area (Å²) in [5, 5.41) is 0. The second-order valence-electron chi connectivity index (χ2n) is 8.82. The maximum atomic E-state index is 13.1. The third-order valence-corrected chi connectivity index (χ3v) is 9.52. The number of para-hydroxylation sites is 2. The molecule has 0 aromatic heterocycles. The van der Waals surface area contributed by atoms with Gasteiger partial charge in [0.25, 0.3) is 0 Å². The molecule has 2 fully saturated rings. The zero-order valence-electron chi connectivity index (χ0n) is 20.9. The molecule has 2 aromatic carbocycles. The lowest BCUT2D eigenvalue weighted by Crippen LogP contribution is -2.52. The molecule has 1 amide bonds. The van der Waals surface area contributed by atoms with Gasteiger partial charge in [-0.05, 0) is 36.4 Å². The minimum atomic E-state index is -3.80. The van der Waals surface area contributed by atoms with Crippen LogP contribution in [0.4, 0.5) is 11.4 Å². The Labute approximate surface area is 218 Å². The molecule has 2 aliphatic heterocycles. The molecule has 0 aliphatic carbocycles. The van der Waals surface area contributed by atoms with Gasteiger partial charge in [-0.1, -0.05) is 12.1 Å². The Morgan fingerprint density at radius 3 is 2.14 bits per heavy atom. The van der Waals surface area contributed by atoms with Crippen LogP contribution in [0.1, 0.15) is 0 Å². The Morgan fingerprint density at radius 1 is 0.919 bits per heavy atom. The topological polar surface area (TPSA) is 117 Å². The highest BCUT2D eigenvalue weighted by Crippen LogP contribution is 2.28. The Balaban J connectivity index is 1.44. The number of morpholine rings is 1. The first-order chi connectivity index (χ1) is 17.6. The van der Waals surface area contributed by atoms with E-state index in [1.165, 1.54) is 28.6 Å². The van der Waals surface area contributed by atoms with E-state index in [1.54, 1.807) is 12.0 Å². The second-order valence-corrected chi connectivity index (χ2v) is 12.7. The van der Waals surface area contributed by atoms with E-state index in [0.29, 0.717) is 39.4 Å². The Morgan fingerprint density at radius 2 is 1.54 bits per heavy atom. The third-order valence-electron chi connectivity index (χ3n) is 6.47. The summed E-state index contributed by atoms with van der Waals surface area (Å²) >= 11 is 0. The normalized spacial score (nSPS) is 17.5. The molecule has 0 radical (unpaired) electrons. The van der Waals surface area contributed by atoms with Crippen LogP contribution in [-0.2, 0) is 29.6 Å². The fourth-order valence-corrected chi connectivity index (χ4v) is 6.69. The zero-order valence-corrected chi connectivity index (χ0v) is 22.6. The number of amides is 1. The van der Waals surface area contributed by atoms with E-state index in [0.717, 1.165) is 22.0 Å². The van der Waals surface area contributed by atoms with Crippen LogP contribution in [0.25, 0.3) is 0 Å².